The average Bonchev–Trinajstić information content (AvgIpc) is 3.07. The molecule has 152 valence electrons. The lowest BCUT2D eigenvalue weighted by Gasteiger charge is -2.29. The van der Waals surface area contributed by atoms with Gasteiger partial charge in [0.05, 0.1) is 17.8 Å². The second-order valence-electron chi connectivity index (χ2n) is 5.94. The van der Waals surface area contributed by atoms with Gasteiger partial charge >= 0.3 is 12.4 Å². The summed E-state index contributed by atoms with van der Waals surface area (Å²) in [6.45, 7) is 10.3. The van der Waals surface area contributed by atoms with Crippen LogP contribution in [-0.4, -0.2) is 28.2 Å². The molecule has 0 spiro atoms. The number of alkyl halides is 6. The fraction of sp³-hybridized carbons (Fsp3) is 0.471. The SMILES string of the molecule is [C-]#[N+]c1ccc(N=C(SCC)C2(CC)CC(C(F)(F)F)=NN2)cc1C(F)(F)F. The Balaban J connectivity index is 2.49. The zero-order valence-corrected chi connectivity index (χ0v) is 15.7. The highest BCUT2D eigenvalue weighted by Gasteiger charge is 2.48. The van der Waals surface area contributed by atoms with Crippen molar-refractivity contribution in [2.24, 2.45) is 10.1 Å². The van der Waals surface area contributed by atoms with Crippen molar-refractivity contribution in [2.75, 3.05) is 5.75 Å². The summed E-state index contributed by atoms with van der Waals surface area (Å²) in [5.74, 6) is 0.454. The lowest BCUT2D eigenvalue weighted by Crippen LogP contribution is -2.46. The minimum Gasteiger partial charge on any atom is -0.297 e. The van der Waals surface area contributed by atoms with Crippen LogP contribution in [0, 0.1) is 6.57 Å². The maximum Gasteiger partial charge on any atom is 0.431 e. The van der Waals surface area contributed by atoms with Crippen LogP contribution in [0.15, 0.2) is 28.3 Å². The Labute approximate surface area is 161 Å². The van der Waals surface area contributed by atoms with Crippen molar-refractivity contribution < 1.29 is 26.3 Å². The van der Waals surface area contributed by atoms with Gasteiger partial charge < -0.3 is 0 Å². The van der Waals surface area contributed by atoms with Crippen molar-refractivity contribution in [3.63, 3.8) is 0 Å². The maximum atomic E-state index is 13.2. The van der Waals surface area contributed by atoms with E-state index in [1.165, 1.54) is 6.07 Å². The van der Waals surface area contributed by atoms with E-state index in [9.17, 15) is 26.3 Å². The molecule has 0 bridgehead atoms. The van der Waals surface area contributed by atoms with Gasteiger partial charge in [-0.15, -0.1) is 11.8 Å². The van der Waals surface area contributed by atoms with E-state index in [-0.39, 0.29) is 17.2 Å². The average molecular weight is 422 g/mol. The molecule has 1 aliphatic heterocycles. The first-order chi connectivity index (χ1) is 13.0. The van der Waals surface area contributed by atoms with Crippen LogP contribution in [0.2, 0.25) is 0 Å². The third-order valence-corrected chi connectivity index (χ3v) is 5.18. The predicted octanol–water partition coefficient (Wildman–Crippen LogP) is 6.10. The van der Waals surface area contributed by atoms with Crippen LogP contribution in [-0.2, 0) is 6.18 Å². The predicted molar refractivity (Wildman–Crippen MR) is 97.2 cm³/mol. The number of nitrogens with zero attached hydrogens (tertiary/aromatic N) is 3. The highest BCUT2D eigenvalue weighted by atomic mass is 32.2. The summed E-state index contributed by atoms with van der Waals surface area (Å²) in [5.41, 5.74) is -1.54. The standard InChI is InChI=1S/C17H16F6N4S/c1-4-15(9-13(26-27-15)17(21,22)23)14(28-5-2)25-10-6-7-12(24-3)11(8-10)16(18,19)20/h6-8,27H,4-5,9H2,1-2H3. The van der Waals surface area contributed by atoms with E-state index in [1.807, 2.05) is 0 Å². The van der Waals surface area contributed by atoms with E-state index >= 15 is 0 Å². The molecule has 1 atom stereocenters. The Morgan fingerprint density at radius 1 is 1.25 bits per heavy atom. The second kappa shape index (κ2) is 8.03. The molecule has 11 heteroatoms. The molecule has 0 saturated carbocycles. The number of benzene rings is 1. The molecular formula is C17H16F6N4S. The van der Waals surface area contributed by atoms with Gasteiger partial charge in [-0.1, -0.05) is 19.9 Å². The fourth-order valence-corrected chi connectivity index (χ4v) is 3.61. The van der Waals surface area contributed by atoms with Gasteiger partial charge in [-0.3, -0.25) is 5.43 Å². The van der Waals surface area contributed by atoms with Crippen molar-refractivity contribution in [2.45, 2.75) is 44.6 Å². The first-order valence-corrected chi connectivity index (χ1v) is 9.17. The van der Waals surface area contributed by atoms with E-state index < -0.39 is 41.3 Å². The number of hydrogen-bond donors (Lipinski definition) is 1. The molecule has 4 nitrogen and oxygen atoms in total. The normalized spacial score (nSPS) is 20.5. The minimum absolute atomic E-state index is 0.0919. The molecule has 1 heterocycles. The zero-order chi connectivity index (χ0) is 21.2. The first kappa shape index (κ1) is 22.1. The lowest BCUT2D eigenvalue weighted by molar-refractivity contribution is -0.136. The summed E-state index contributed by atoms with van der Waals surface area (Å²) in [5, 5.41) is 3.60. The van der Waals surface area contributed by atoms with Gasteiger partial charge in [0.25, 0.3) is 0 Å². The highest BCUT2D eigenvalue weighted by molar-refractivity contribution is 8.14. The summed E-state index contributed by atoms with van der Waals surface area (Å²) in [7, 11) is 0. The fourth-order valence-electron chi connectivity index (χ4n) is 2.63. The van der Waals surface area contributed by atoms with Gasteiger partial charge in [0.2, 0.25) is 0 Å². The highest BCUT2D eigenvalue weighted by Crippen LogP contribution is 2.40. The lowest BCUT2D eigenvalue weighted by atomic mass is 9.92. The molecule has 0 amide bonds. The van der Waals surface area contributed by atoms with Gasteiger partial charge in [-0.2, -0.15) is 31.4 Å². The van der Waals surface area contributed by atoms with Gasteiger partial charge in [0.1, 0.15) is 16.3 Å². The molecule has 28 heavy (non-hydrogen) atoms. The molecule has 0 aromatic heterocycles. The minimum atomic E-state index is -4.75. The number of aliphatic imine (C=N–C) groups is 1. The summed E-state index contributed by atoms with van der Waals surface area (Å²) in [4.78, 5) is 7.07. The smallest absolute Gasteiger partial charge is 0.297 e. The van der Waals surface area contributed by atoms with Crippen molar-refractivity contribution in [3.05, 3.63) is 35.2 Å². The first-order valence-electron chi connectivity index (χ1n) is 8.18. The van der Waals surface area contributed by atoms with Gasteiger partial charge in [0, 0.05) is 6.42 Å². The van der Waals surface area contributed by atoms with E-state index in [0.29, 0.717) is 5.75 Å². The number of hydrazone groups is 1. The van der Waals surface area contributed by atoms with E-state index in [4.69, 9.17) is 6.57 Å². The van der Waals surface area contributed by atoms with Crippen LogP contribution in [0.4, 0.5) is 37.7 Å². The quantitative estimate of drug-likeness (QED) is 0.276. The molecule has 0 aliphatic carbocycles. The molecule has 1 aromatic carbocycles. The molecule has 0 saturated heterocycles. The third-order valence-electron chi connectivity index (χ3n) is 4.13. The van der Waals surface area contributed by atoms with Crippen LogP contribution in [0.5, 0.6) is 0 Å². The number of rotatable bonds is 4. The topological polar surface area (TPSA) is 41.1 Å². The largest absolute Gasteiger partial charge is 0.431 e. The summed E-state index contributed by atoms with van der Waals surface area (Å²) in [6, 6.07) is 2.97. The number of hydrogen-bond acceptors (Lipinski definition) is 4. The Morgan fingerprint density at radius 3 is 2.39 bits per heavy atom. The Kier molecular flexibility index (Phi) is 6.33. The van der Waals surface area contributed by atoms with Crippen LogP contribution >= 0.6 is 11.8 Å². The molecule has 1 aromatic rings. The van der Waals surface area contributed by atoms with Crippen LogP contribution in [0.1, 0.15) is 32.3 Å². The van der Waals surface area contributed by atoms with Gasteiger partial charge in [0.15, 0.2) is 5.69 Å². The molecule has 1 aliphatic rings. The number of halogens is 6. The van der Waals surface area contributed by atoms with E-state index in [1.54, 1.807) is 13.8 Å². The maximum absolute atomic E-state index is 13.2. The Bertz CT molecular complexity index is 838. The Hall–Kier alpha value is -2.22. The van der Waals surface area contributed by atoms with E-state index in [0.717, 1.165) is 23.9 Å². The monoisotopic (exact) mass is 422 g/mol. The zero-order valence-electron chi connectivity index (χ0n) is 14.9. The van der Waals surface area contributed by atoms with Crippen LogP contribution < -0.4 is 5.43 Å². The summed E-state index contributed by atoms with van der Waals surface area (Å²) in [6.07, 6.45) is -9.62. The number of nitrogens with one attached hydrogen (secondary N) is 1. The molecular weight excluding hydrogens is 406 g/mol. The van der Waals surface area contributed by atoms with Crippen LogP contribution in [0.3, 0.4) is 0 Å². The Morgan fingerprint density at radius 2 is 1.93 bits per heavy atom. The van der Waals surface area contributed by atoms with Crippen molar-refractivity contribution in [1.29, 1.82) is 0 Å². The van der Waals surface area contributed by atoms with E-state index in [2.05, 4.69) is 20.4 Å². The molecule has 0 fully saturated rings. The van der Waals surface area contributed by atoms with Crippen molar-refractivity contribution in [1.82, 2.24) is 5.43 Å². The summed E-state index contributed by atoms with van der Waals surface area (Å²) >= 11 is 1.13. The molecule has 2 rings (SSSR count). The van der Waals surface area contributed by atoms with Gasteiger partial charge in [-0.05, 0) is 24.3 Å². The third kappa shape index (κ3) is 4.60. The summed E-state index contributed by atoms with van der Waals surface area (Å²) < 4.78 is 78.6. The molecule has 1 N–H and O–H groups in total. The molecule has 1 unspecified atom stereocenters. The van der Waals surface area contributed by atoms with Crippen molar-refractivity contribution in [3.8, 4) is 0 Å². The number of thioether (sulfide) groups is 1. The van der Waals surface area contributed by atoms with Crippen LogP contribution in [0.25, 0.3) is 4.85 Å². The van der Waals surface area contributed by atoms with Gasteiger partial charge in [-0.25, -0.2) is 9.84 Å². The second-order valence-corrected chi connectivity index (χ2v) is 7.19. The van der Waals surface area contributed by atoms with Crippen molar-refractivity contribution >= 4 is 33.9 Å². The molecule has 0 radical (unpaired) electrons.